The van der Waals surface area contributed by atoms with Crippen molar-refractivity contribution in [3.8, 4) is 0 Å². The van der Waals surface area contributed by atoms with Gasteiger partial charge >= 0.3 is 0 Å². The van der Waals surface area contributed by atoms with E-state index in [1.807, 2.05) is 6.20 Å². The summed E-state index contributed by atoms with van der Waals surface area (Å²) in [5, 5.41) is 0. The summed E-state index contributed by atoms with van der Waals surface area (Å²) in [5.74, 6) is 1.42. The Labute approximate surface area is 153 Å². The number of sulfonamides is 1. The maximum Gasteiger partial charge on any atom is 0.240 e. The number of benzene rings is 1. The lowest BCUT2D eigenvalue weighted by Gasteiger charge is -2.24. The van der Waals surface area contributed by atoms with Crippen molar-refractivity contribution in [2.75, 3.05) is 18.0 Å². The van der Waals surface area contributed by atoms with Crippen molar-refractivity contribution in [3.05, 3.63) is 42.5 Å². The lowest BCUT2D eigenvalue weighted by atomic mass is 10.00. The minimum atomic E-state index is -3.56. The van der Waals surface area contributed by atoms with E-state index in [1.54, 1.807) is 35.4 Å². The quantitative estimate of drug-likeness (QED) is 0.861. The molecule has 1 aromatic heterocycles. The van der Waals surface area contributed by atoms with Gasteiger partial charge in [0.2, 0.25) is 15.9 Å². The van der Waals surface area contributed by atoms with Crippen LogP contribution in [-0.2, 0) is 27.8 Å². The molecule has 26 heavy (non-hydrogen) atoms. The average Bonchev–Trinajstić information content (AvgIpc) is 3.28. The fourth-order valence-corrected chi connectivity index (χ4v) is 4.76. The maximum atomic E-state index is 12.6. The predicted octanol–water partition coefficient (Wildman–Crippen LogP) is 1.55. The molecule has 1 amide bonds. The summed E-state index contributed by atoms with van der Waals surface area (Å²) < 4.78 is 29.9. The van der Waals surface area contributed by atoms with Crippen LogP contribution in [0.1, 0.15) is 25.1 Å². The van der Waals surface area contributed by atoms with Crippen molar-refractivity contribution in [1.29, 1.82) is 0 Å². The molecule has 0 saturated carbocycles. The Hall–Kier alpha value is -2.19. The van der Waals surface area contributed by atoms with E-state index >= 15 is 0 Å². The van der Waals surface area contributed by atoms with Crippen LogP contribution in [-0.4, -0.2) is 37.0 Å². The van der Waals surface area contributed by atoms with E-state index in [9.17, 15) is 13.2 Å². The molecule has 7 nitrogen and oxygen atoms in total. The van der Waals surface area contributed by atoms with Crippen LogP contribution in [0.15, 0.2) is 41.6 Å². The van der Waals surface area contributed by atoms with Crippen molar-refractivity contribution in [3.63, 3.8) is 0 Å². The van der Waals surface area contributed by atoms with Crippen molar-refractivity contribution in [2.45, 2.75) is 37.1 Å². The van der Waals surface area contributed by atoms with Gasteiger partial charge in [0.25, 0.3) is 0 Å². The van der Waals surface area contributed by atoms with Crippen LogP contribution in [0, 0.1) is 5.92 Å². The zero-order chi connectivity index (χ0) is 18.1. The highest BCUT2D eigenvalue weighted by atomic mass is 32.2. The third-order valence-corrected chi connectivity index (χ3v) is 6.57. The number of carbonyl (C=O) groups excluding carboxylic acids is 1. The molecule has 0 spiro atoms. The Morgan fingerprint density at radius 3 is 2.73 bits per heavy atom. The first-order valence-corrected chi connectivity index (χ1v) is 10.4. The van der Waals surface area contributed by atoms with Crippen LogP contribution in [0.3, 0.4) is 0 Å². The molecule has 0 unspecified atom stereocenters. The van der Waals surface area contributed by atoms with Crippen LogP contribution in [0.4, 0.5) is 5.69 Å². The lowest BCUT2D eigenvalue weighted by Crippen LogP contribution is -2.33. The molecule has 4 rings (SSSR count). The molecule has 0 radical (unpaired) electrons. The number of anilines is 1. The Kier molecular flexibility index (Phi) is 4.54. The summed E-state index contributed by atoms with van der Waals surface area (Å²) >= 11 is 0. The zero-order valence-corrected chi connectivity index (χ0v) is 15.3. The van der Waals surface area contributed by atoms with E-state index in [2.05, 4.69) is 14.3 Å². The number of aryl methyl sites for hydroxylation is 1. The van der Waals surface area contributed by atoms with Gasteiger partial charge in [-0.2, -0.15) is 0 Å². The number of hydrogen-bond acceptors (Lipinski definition) is 4. The zero-order valence-electron chi connectivity index (χ0n) is 14.5. The Bertz CT molecular complexity index is 905. The van der Waals surface area contributed by atoms with Gasteiger partial charge in [0, 0.05) is 50.6 Å². The number of rotatable bonds is 5. The number of hydrogen-bond donors (Lipinski definition) is 1. The van der Waals surface area contributed by atoms with Gasteiger partial charge in [-0.3, -0.25) is 4.79 Å². The Balaban J connectivity index is 1.40. The molecule has 0 bridgehead atoms. The van der Waals surface area contributed by atoms with Gasteiger partial charge in [-0.15, -0.1) is 0 Å². The van der Waals surface area contributed by atoms with Gasteiger partial charge in [-0.05, 0) is 43.0 Å². The number of nitrogens with zero attached hydrogens (tertiary/aromatic N) is 3. The molecule has 138 valence electrons. The van der Waals surface area contributed by atoms with Crippen molar-refractivity contribution >= 4 is 21.6 Å². The summed E-state index contributed by atoms with van der Waals surface area (Å²) in [6.07, 6.45) is 6.93. The minimum absolute atomic E-state index is 0.0925. The molecular weight excluding hydrogens is 352 g/mol. The SMILES string of the molecule is O=C1CCCN1c1ccc(S(=O)(=O)NC[C@@H]2CCc3nccn3C2)cc1. The molecule has 1 aromatic carbocycles. The second-order valence-electron chi connectivity index (χ2n) is 6.90. The second kappa shape index (κ2) is 6.85. The molecule has 1 atom stereocenters. The first-order valence-electron chi connectivity index (χ1n) is 8.93. The van der Waals surface area contributed by atoms with Crippen LogP contribution in [0.25, 0.3) is 0 Å². The first-order chi connectivity index (χ1) is 12.5. The smallest absolute Gasteiger partial charge is 0.240 e. The minimum Gasteiger partial charge on any atom is -0.335 e. The molecule has 1 N–H and O–H groups in total. The summed E-state index contributed by atoms with van der Waals surface area (Å²) in [6, 6.07) is 6.54. The molecular formula is C18H22N4O3S. The largest absolute Gasteiger partial charge is 0.335 e. The van der Waals surface area contributed by atoms with E-state index in [0.29, 0.717) is 19.5 Å². The van der Waals surface area contributed by atoms with E-state index in [0.717, 1.165) is 37.3 Å². The molecule has 8 heteroatoms. The topological polar surface area (TPSA) is 84.3 Å². The summed E-state index contributed by atoms with van der Waals surface area (Å²) in [5.41, 5.74) is 0.756. The monoisotopic (exact) mass is 374 g/mol. The van der Waals surface area contributed by atoms with Crippen LogP contribution >= 0.6 is 0 Å². The lowest BCUT2D eigenvalue weighted by molar-refractivity contribution is -0.117. The number of imidazole rings is 1. The summed E-state index contributed by atoms with van der Waals surface area (Å²) in [7, 11) is -3.56. The number of aromatic nitrogens is 2. The van der Waals surface area contributed by atoms with E-state index < -0.39 is 10.0 Å². The van der Waals surface area contributed by atoms with Crippen LogP contribution in [0.2, 0.25) is 0 Å². The fourth-order valence-electron chi connectivity index (χ4n) is 3.64. The average molecular weight is 374 g/mol. The van der Waals surface area contributed by atoms with Gasteiger partial charge in [0.05, 0.1) is 4.90 Å². The van der Waals surface area contributed by atoms with Gasteiger partial charge in [0.1, 0.15) is 5.82 Å². The highest BCUT2D eigenvalue weighted by molar-refractivity contribution is 7.89. The van der Waals surface area contributed by atoms with E-state index in [-0.39, 0.29) is 16.7 Å². The highest BCUT2D eigenvalue weighted by Crippen LogP contribution is 2.23. The standard InChI is InChI=1S/C18H22N4O3S/c23-18-2-1-10-22(18)15-4-6-16(7-5-15)26(24,25)20-12-14-3-8-17-19-9-11-21(17)13-14/h4-7,9,11,14,20H,1-3,8,10,12-13H2/t14-/m0/s1. The van der Waals surface area contributed by atoms with Gasteiger partial charge in [0.15, 0.2) is 0 Å². The van der Waals surface area contributed by atoms with E-state index in [1.165, 1.54) is 0 Å². The van der Waals surface area contributed by atoms with Gasteiger partial charge in [-0.1, -0.05) is 0 Å². The normalized spacial score (nSPS) is 20.4. The van der Waals surface area contributed by atoms with Crippen LogP contribution in [0.5, 0.6) is 0 Å². The molecule has 1 fully saturated rings. The van der Waals surface area contributed by atoms with Gasteiger partial charge < -0.3 is 9.47 Å². The molecule has 1 saturated heterocycles. The van der Waals surface area contributed by atoms with Crippen molar-refractivity contribution in [1.82, 2.24) is 14.3 Å². The summed E-state index contributed by atoms with van der Waals surface area (Å²) in [4.78, 5) is 18.0. The van der Waals surface area contributed by atoms with Gasteiger partial charge in [-0.25, -0.2) is 18.1 Å². The molecule has 3 heterocycles. The summed E-state index contributed by atoms with van der Waals surface area (Å²) in [6.45, 7) is 1.89. The number of carbonyl (C=O) groups is 1. The Morgan fingerprint density at radius 2 is 2.00 bits per heavy atom. The second-order valence-corrected chi connectivity index (χ2v) is 8.66. The molecule has 2 aliphatic rings. The Morgan fingerprint density at radius 1 is 1.19 bits per heavy atom. The molecule has 0 aliphatic carbocycles. The highest BCUT2D eigenvalue weighted by Gasteiger charge is 2.24. The third-order valence-electron chi connectivity index (χ3n) is 5.13. The van der Waals surface area contributed by atoms with Crippen molar-refractivity contribution in [2.24, 2.45) is 5.92 Å². The van der Waals surface area contributed by atoms with Crippen LogP contribution < -0.4 is 9.62 Å². The number of amides is 1. The molecule has 2 aromatic rings. The molecule has 2 aliphatic heterocycles. The van der Waals surface area contributed by atoms with Crippen molar-refractivity contribution < 1.29 is 13.2 Å². The fraction of sp³-hybridized carbons (Fsp3) is 0.444. The number of nitrogens with one attached hydrogen (secondary N) is 1. The number of fused-ring (bicyclic) bond motifs is 1. The maximum absolute atomic E-state index is 12.6. The predicted molar refractivity (Wildman–Crippen MR) is 97.3 cm³/mol. The third kappa shape index (κ3) is 3.39. The first kappa shape index (κ1) is 17.2. The van der Waals surface area contributed by atoms with E-state index in [4.69, 9.17) is 0 Å².